The van der Waals surface area contributed by atoms with Crippen LogP contribution in [0.15, 0.2) is 89.1 Å². The summed E-state index contributed by atoms with van der Waals surface area (Å²) >= 11 is 7.64. The molecule has 0 saturated heterocycles. The minimum Gasteiger partial charge on any atom is -0.292 e. The van der Waals surface area contributed by atoms with E-state index >= 15 is 0 Å². The maximum absolute atomic E-state index is 12.5. The minimum absolute atomic E-state index is 0.0575. The number of hydrazone groups is 2. The third kappa shape index (κ3) is 4.48. The Bertz CT molecular complexity index is 1290. The number of rotatable bonds is 5. The first-order chi connectivity index (χ1) is 16.9. The fraction of sp³-hybridized carbons (Fsp3) is 0.250. The van der Waals surface area contributed by atoms with Crippen molar-refractivity contribution in [3.63, 3.8) is 0 Å². The van der Waals surface area contributed by atoms with Gasteiger partial charge in [-0.2, -0.15) is 10.2 Å². The van der Waals surface area contributed by atoms with Crippen molar-refractivity contribution in [2.75, 3.05) is 10.0 Å². The molecule has 0 aliphatic carbocycles. The van der Waals surface area contributed by atoms with Crippen molar-refractivity contribution >= 4 is 51.3 Å². The van der Waals surface area contributed by atoms with Crippen LogP contribution in [0.4, 0.5) is 11.4 Å². The highest BCUT2D eigenvalue weighted by atomic mass is 35.5. The summed E-state index contributed by atoms with van der Waals surface area (Å²) in [5, 5.41) is 15.1. The summed E-state index contributed by atoms with van der Waals surface area (Å²) in [5.74, 6) is 0.421. The summed E-state index contributed by atoms with van der Waals surface area (Å²) in [4.78, 5) is 11.8. The molecular formula is C28H27ClN4OS. The molecule has 3 aromatic carbocycles. The summed E-state index contributed by atoms with van der Waals surface area (Å²) < 4.78 is 0. The normalized spacial score (nSPS) is 19.8. The second-order valence-corrected chi connectivity index (χ2v) is 10.7. The number of anilines is 2. The molecule has 0 saturated carbocycles. The maximum Gasteiger partial charge on any atom is 0.208 e. The number of nitrogens with zero attached hydrogens (tertiary/aromatic N) is 4. The molecule has 5 nitrogen and oxygen atoms in total. The van der Waals surface area contributed by atoms with Gasteiger partial charge in [-0.3, -0.25) is 4.79 Å². The van der Waals surface area contributed by atoms with E-state index in [1.165, 1.54) is 17.3 Å². The summed E-state index contributed by atoms with van der Waals surface area (Å²) in [6, 6.07) is 26.3. The van der Waals surface area contributed by atoms with Crippen molar-refractivity contribution in [2.45, 2.75) is 44.5 Å². The van der Waals surface area contributed by atoms with Gasteiger partial charge in [-0.05, 0) is 71.6 Å². The molecule has 1 spiro atoms. The molecule has 1 atom stereocenters. The molecule has 7 heteroatoms. The molecule has 0 N–H and O–H groups in total. The number of carbonyl (C=O) groups is 1. The molecule has 2 aliphatic heterocycles. The molecule has 178 valence electrons. The van der Waals surface area contributed by atoms with Gasteiger partial charge in [-0.25, -0.2) is 10.0 Å². The van der Waals surface area contributed by atoms with Crippen LogP contribution in [0.1, 0.15) is 50.7 Å². The topological polar surface area (TPSA) is 48.3 Å². The van der Waals surface area contributed by atoms with Gasteiger partial charge in [0.1, 0.15) is 0 Å². The molecule has 3 aromatic rings. The van der Waals surface area contributed by atoms with Gasteiger partial charge >= 0.3 is 0 Å². The van der Waals surface area contributed by atoms with E-state index < -0.39 is 4.99 Å². The second kappa shape index (κ2) is 9.51. The number of benzene rings is 3. The van der Waals surface area contributed by atoms with Crippen LogP contribution in [0.25, 0.3) is 0 Å². The van der Waals surface area contributed by atoms with E-state index in [0.717, 1.165) is 35.5 Å². The Balaban J connectivity index is 1.63. The van der Waals surface area contributed by atoms with Crippen LogP contribution in [0.5, 0.6) is 0 Å². The van der Waals surface area contributed by atoms with E-state index in [-0.39, 0.29) is 5.78 Å². The number of hydrogen-bond donors (Lipinski definition) is 0. The van der Waals surface area contributed by atoms with Crippen molar-refractivity contribution < 1.29 is 4.79 Å². The standard InChI is InChI=1S/C28H27ClN4OS/c1-19(2)21-9-11-22(12-10-21)26-17-18-28(32(30-26)24-7-5-4-6-8-24)33(31-27(35-28)20(3)34)25-15-13-23(29)14-16-25/h4-16,19H,17-18H2,1-3H3/t28-/m1/s1. The van der Waals surface area contributed by atoms with Gasteiger partial charge < -0.3 is 0 Å². The van der Waals surface area contributed by atoms with Crippen LogP contribution in [0.2, 0.25) is 5.02 Å². The molecule has 35 heavy (non-hydrogen) atoms. The van der Waals surface area contributed by atoms with Gasteiger partial charge in [0.2, 0.25) is 4.99 Å². The Morgan fingerprint density at radius 3 is 2.17 bits per heavy atom. The predicted molar refractivity (Wildman–Crippen MR) is 148 cm³/mol. The number of thioether (sulfide) groups is 1. The van der Waals surface area contributed by atoms with Crippen LogP contribution in [0.3, 0.4) is 0 Å². The van der Waals surface area contributed by atoms with Crippen LogP contribution >= 0.6 is 23.4 Å². The van der Waals surface area contributed by atoms with Crippen molar-refractivity contribution in [1.82, 2.24) is 0 Å². The minimum atomic E-state index is -0.711. The number of carbonyl (C=O) groups excluding carboxylic acids is 1. The quantitative estimate of drug-likeness (QED) is 0.368. The van der Waals surface area contributed by atoms with Crippen molar-refractivity contribution in [3.05, 3.63) is 95.0 Å². The van der Waals surface area contributed by atoms with Gasteiger partial charge in [-0.1, -0.05) is 67.9 Å². The Morgan fingerprint density at radius 2 is 1.54 bits per heavy atom. The predicted octanol–water partition coefficient (Wildman–Crippen LogP) is 7.28. The first-order valence-electron chi connectivity index (χ1n) is 11.7. The zero-order valence-corrected chi connectivity index (χ0v) is 21.6. The second-order valence-electron chi connectivity index (χ2n) is 9.07. The monoisotopic (exact) mass is 502 g/mol. The third-order valence-corrected chi connectivity index (χ3v) is 8.00. The highest BCUT2D eigenvalue weighted by molar-refractivity contribution is 8.17. The largest absolute Gasteiger partial charge is 0.292 e. The zero-order chi connectivity index (χ0) is 24.6. The lowest BCUT2D eigenvalue weighted by Gasteiger charge is -2.46. The van der Waals surface area contributed by atoms with E-state index in [9.17, 15) is 4.79 Å². The van der Waals surface area contributed by atoms with E-state index in [2.05, 4.69) is 38.1 Å². The maximum atomic E-state index is 12.5. The molecule has 0 aromatic heterocycles. The lowest BCUT2D eigenvalue weighted by atomic mass is 9.97. The first kappa shape index (κ1) is 23.6. The SMILES string of the molecule is CC(=O)C1=NN(c2ccc(Cl)cc2)[C@]2(CCC(c3ccc(C(C)C)cc3)=NN2c2ccccc2)S1. The number of halogens is 1. The van der Waals surface area contributed by atoms with Crippen LogP contribution in [-0.4, -0.2) is 21.5 Å². The first-order valence-corrected chi connectivity index (χ1v) is 12.9. The summed E-state index contributed by atoms with van der Waals surface area (Å²) in [6.07, 6.45) is 1.47. The van der Waals surface area contributed by atoms with Crippen molar-refractivity contribution in [1.29, 1.82) is 0 Å². The van der Waals surface area contributed by atoms with E-state index in [1.54, 1.807) is 6.92 Å². The summed E-state index contributed by atoms with van der Waals surface area (Å²) in [6.45, 7) is 5.96. The number of hydrogen-bond acceptors (Lipinski definition) is 6. The smallest absolute Gasteiger partial charge is 0.208 e. The average Bonchev–Trinajstić information content (AvgIpc) is 3.25. The van der Waals surface area contributed by atoms with E-state index in [4.69, 9.17) is 21.8 Å². The third-order valence-electron chi connectivity index (χ3n) is 6.30. The van der Waals surface area contributed by atoms with Crippen molar-refractivity contribution in [2.24, 2.45) is 10.2 Å². The fourth-order valence-electron chi connectivity index (χ4n) is 4.39. The van der Waals surface area contributed by atoms with E-state index in [0.29, 0.717) is 16.0 Å². The number of para-hydroxylation sites is 1. The van der Waals surface area contributed by atoms with Gasteiger partial charge in [0.15, 0.2) is 10.8 Å². The van der Waals surface area contributed by atoms with Crippen molar-refractivity contribution in [3.8, 4) is 0 Å². The van der Waals surface area contributed by atoms with Crippen LogP contribution in [0, 0.1) is 0 Å². The van der Waals surface area contributed by atoms with Crippen LogP contribution < -0.4 is 10.0 Å². The van der Waals surface area contributed by atoms with Crippen LogP contribution in [-0.2, 0) is 4.79 Å². The molecule has 0 amide bonds. The number of ketones is 1. The molecule has 0 fully saturated rings. The highest BCUT2D eigenvalue weighted by Crippen LogP contribution is 2.50. The average molecular weight is 503 g/mol. The lowest BCUT2D eigenvalue weighted by Crippen LogP contribution is -2.56. The molecule has 0 bridgehead atoms. The Morgan fingerprint density at radius 1 is 0.914 bits per heavy atom. The molecule has 2 aliphatic rings. The number of Topliss-reactive ketones (excluding diaryl/α,β-unsaturated/α-hetero) is 1. The van der Waals surface area contributed by atoms with E-state index in [1.807, 2.05) is 64.6 Å². The fourth-order valence-corrected chi connectivity index (χ4v) is 5.76. The highest BCUT2D eigenvalue weighted by Gasteiger charge is 2.52. The van der Waals surface area contributed by atoms with Gasteiger partial charge in [-0.15, -0.1) is 0 Å². The molecule has 2 heterocycles. The Hall–Kier alpha value is -3.09. The van der Waals surface area contributed by atoms with Gasteiger partial charge in [0, 0.05) is 18.4 Å². The van der Waals surface area contributed by atoms with Gasteiger partial charge in [0.05, 0.1) is 17.1 Å². The summed E-state index contributed by atoms with van der Waals surface area (Å²) in [7, 11) is 0. The Kier molecular flexibility index (Phi) is 6.43. The summed E-state index contributed by atoms with van der Waals surface area (Å²) in [5.41, 5.74) is 5.23. The molecular weight excluding hydrogens is 476 g/mol. The van der Waals surface area contributed by atoms with Gasteiger partial charge in [0.25, 0.3) is 0 Å². The molecule has 0 unspecified atom stereocenters. The lowest BCUT2D eigenvalue weighted by molar-refractivity contribution is -0.110. The Labute approximate surface area is 215 Å². The molecule has 0 radical (unpaired) electrons. The zero-order valence-electron chi connectivity index (χ0n) is 20.0. The molecule has 5 rings (SSSR count).